The molecule has 0 aliphatic heterocycles. The largest absolute Gasteiger partial charge is 0.482 e. The summed E-state index contributed by atoms with van der Waals surface area (Å²) in [7, 11) is 1.58. The van der Waals surface area contributed by atoms with Crippen LogP contribution in [0.25, 0.3) is 0 Å². The molecule has 0 saturated carbocycles. The van der Waals surface area contributed by atoms with Gasteiger partial charge in [0.05, 0.1) is 5.02 Å². The topological polar surface area (TPSA) is 58.6 Å². The van der Waals surface area contributed by atoms with Crippen molar-refractivity contribution >= 4 is 23.4 Å². The highest BCUT2D eigenvalue weighted by molar-refractivity contribution is 6.32. The summed E-state index contributed by atoms with van der Waals surface area (Å²) in [5.41, 5.74) is 3.03. The van der Waals surface area contributed by atoms with Gasteiger partial charge in [-0.15, -0.1) is 0 Å². The lowest BCUT2D eigenvalue weighted by atomic mass is 10.0. The number of hydrogen-bond acceptors (Lipinski definition) is 3. The van der Waals surface area contributed by atoms with Crippen LogP contribution in [-0.2, 0) is 22.6 Å². The standard InChI is InChI=1S/C26H27ClN2O3/c1-19-12-14-21(15-13-19)17-29(25(30)18-32-24-11-7-6-10-22(24)27)23(26(31)28-2)16-20-8-4-3-5-9-20/h3-15,23H,16-18H2,1-2H3,(H,28,31)/t23-/m1/s1. The van der Waals surface area contributed by atoms with Crippen LogP contribution in [0.3, 0.4) is 0 Å². The van der Waals surface area contributed by atoms with Crippen molar-refractivity contribution < 1.29 is 14.3 Å². The van der Waals surface area contributed by atoms with Gasteiger partial charge in [-0.3, -0.25) is 9.59 Å². The van der Waals surface area contributed by atoms with Crippen molar-refractivity contribution in [3.63, 3.8) is 0 Å². The van der Waals surface area contributed by atoms with E-state index >= 15 is 0 Å². The zero-order chi connectivity index (χ0) is 22.9. The quantitative estimate of drug-likeness (QED) is 0.525. The van der Waals surface area contributed by atoms with Gasteiger partial charge in [0.2, 0.25) is 5.91 Å². The fraction of sp³-hybridized carbons (Fsp3) is 0.231. The third kappa shape index (κ3) is 6.34. The zero-order valence-electron chi connectivity index (χ0n) is 18.3. The van der Waals surface area contributed by atoms with Crippen molar-refractivity contribution in [3.8, 4) is 5.75 Å². The number of aryl methyl sites for hydroxylation is 1. The maximum absolute atomic E-state index is 13.3. The summed E-state index contributed by atoms with van der Waals surface area (Å²) in [5, 5.41) is 3.13. The van der Waals surface area contributed by atoms with Crippen LogP contribution < -0.4 is 10.1 Å². The second-order valence-corrected chi connectivity index (χ2v) is 7.95. The average Bonchev–Trinajstić information content (AvgIpc) is 2.82. The molecule has 0 aliphatic carbocycles. The zero-order valence-corrected chi connectivity index (χ0v) is 19.0. The Balaban J connectivity index is 1.87. The third-order valence-corrected chi connectivity index (χ3v) is 5.49. The number of likely N-dealkylation sites (N-methyl/N-ethyl adjacent to an activating group) is 1. The van der Waals surface area contributed by atoms with Crippen LogP contribution in [0.2, 0.25) is 5.02 Å². The summed E-state index contributed by atoms with van der Waals surface area (Å²) in [4.78, 5) is 27.8. The number of halogens is 1. The van der Waals surface area contributed by atoms with E-state index in [-0.39, 0.29) is 25.0 Å². The number of hydrogen-bond donors (Lipinski definition) is 1. The first-order chi connectivity index (χ1) is 15.5. The lowest BCUT2D eigenvalue weighted by Gasteiger charge is -2.31. The molecule has 0 fully saturated rings. The van der Waals surface area contributed by atoms with Gasteiger partial charge in [-0.2, -0.15) is 0 Å². The summed E-state index contributed by atoms with van der Waals surface area (Å²) in [6, 6.07) is 23.9. The second-order valence-electron chi connectivity index (χ2n) is 7.55. The van der Waals surface area contributed by atoms with Crippen molar-refractivity contribution in [3.05, 3.63) is 101 Å². The number of amides is 2. The predicted molar refractivity (Wildman–Crippen MR) is 127 cm³/mol. The Kier molecular flexibility index (Phi) is 8.28. The van der Waals surface area contributed by atoms with Gasteiger partial charge in [0.25, 0.3) is 5.91 Å². The molecule has 2 amide bonds. The molecule has 32 heavy (non-hydrogen) atoms. The fourth-order valence-electron chi connectivity index (χ4n) is 3.39. The fourth-order valence-corrected chi connectivity index (χ4v) is 3.59. The summed E-state index contributed by atoms with van der Waals surface area (Å²) in [6.45, 7) is 2.07. The Morgan fingerprint density at radius 2 is 1.59 bits per heavy atom. The molecule has 3 aromatic rings. The molecule has 0 aromatic heterocycles. The van der Waals surface area contributed by atoms with Crippen molar-refractivity contribution in [1.29, 1.82) is 0 Å². The van der Waals surface area contributed by atoms with Gasteiger partial charge >= 0.3 is 0 Å². The number of carbonyl (C=O) groups is 2. The Labute approximate surface area is 194 Å². The number of rotatable bonds is 9. The van der Waals surface area contributed by atoms with Crippen LogP contribution in [0.15, 0.2) is 78.9 Å². The normalized spacial score (nSPS) is 11.5. The van der Waals surface area contributed by atoms with Crippen molar-refractivity contribution in [2.45, 2.75) is 25.9 Å². The first-order valence-electron chi connectivity index (χ1n) is 10.5. The van der Waals surface area contributed by atoms with Crippen LogP contribution in [0.1, 0.15) is 16.7 Å². The average molecular weight is 451 g/mol. The number of ether oxygens (including phenoxy) is 1. The van der Waals surface area contributed by atoms with Crippen LogP contribution in [0.4, 0.5) is 0 Å². The number of carbonyl (C=O) groups excluding carboxylic acids is 2. The first kappa shape index (κ1) is 23.4. The van der Waals surface area contributed by atoms with Gasteiger partial charge < -0.3 is 15.0 Å². The van der Waals surface area contributed by atoms with Crippen molar-refractivity contribution in [2.75, 3.05) is 13.7 Å². The van der Waals surface area contributed by atoms with Gasteiger partial charge in [0.1, 0.15) is 11.8 Å². The Bertz CT molecular complexity index is 1040. The van der Waals surface area contributed by atoms with Crippen LogP contribution in [0, 0.1) is 6.92 Å². The predicted octanol–water partition coefficient (Wildman–Crippen LogP) is 4.41. The highest BCUT2D eigenvalue weighted by Gasteiger charge is 2.30. The lowest BCUT2D eigenvalue weighted by molar-refractivity contribution is -0.142. The molecule has 166 valence electrons. The van der Waals surface area contributed by atoms with E-state index in [2.05, 4.69) is 5.32 Å². The van der Waals surface area contributed by atoms with Gasteiger partial charge in [0, 0.05) is 20.0 Å². The summed E-state index contributed by atoms with van der Waals surface area (Å²) < 4.78 is 5.70. The maximum Gasteiger partial charge on any atom is 0.261 e. The monoisotopic (exact) mass is 450 g/mol. The molecule has 1 atom stereocenters. The van der Waals surface area contributed by atoms with Crippen LogP contribution in [-0.4, -0.2) is 36.4 Å². The molecule has 3 rings (SSSR count). The molecule has 0 saturated heterocycles. The van der Waals surface area contributed by atoms with Crippen LogP contribution >= 0.6 is 11.6 Å². The Morgan fingerprint density at radius 1 is 0.938 bits per heavy atom. The summed E-state index contributed by atoms with van der Waals surface area (Å²) in [5.74, 6) is -0.0977. The highest BCUT2D eigenvalue weighted by atomic mass is 35.5. The molecular weight excluding hydrogens is 424 g/mol. The van der Waals surface area contributed by atoms with E-state index in [1.54, 1.807) is 36.2 Å². The van der Waals surface area contributed by atoms with Gasteiger partial charge in [-0.25, -0.2) is 0 Å². The van der Waals surface area contributed by atoms with Crippen LogP contribution in [0.5, 0.6) is 5.75 Å². The SMILES string of the molecule is CNC(=O)[C@@H](Cc1ccccc1)N(Cc1ccc(C)cc1)C(=O)COc1ccccc1Cl. The second kappa shape index (κ2) is 11.3. The molecule has 0 bridgehead atoms. The lowest BCUT2D eigenvalue weighted by Crippen LogP contribution is -2.51. The molecule has 0 radical (unpaired) electrons. The molecule has 5 nitrogen and oxygen atoms in total. The first-order valence-corrected chi connectivity index (χ1v) is 10.8. The number of para-hydroxylation sites is 1. The Hall–Kier alpha value is -3.31. The maximum atomic E-state index is 13.3. The third-order valence-electron chi connectivity index (χ3n) is 5.18. The van der Waals surface area contributed by atoms with E-state index in [1.807, 2.05) is 61.5 Å². The highest BCUT2D eigenvalue weighted by Crippen LogP contribution is 2.23. The molecule has 0 spiro atoms. The van der Waals surface area contributed by atoms with Gasteiger partial charge in [-0.1, -0.05) is 83.9 Å². The molecule has 0 heterocycles. The van der Waals surface area contributed by atoms with Gasteiger partial charge in [0.15, 0.2) is 6.61 Å². The van der Waals surface area contributed by atoms with Gasteiger partial charge in [-0.05, 0) is 30.2 Å². The molecule has 6 heteroatoms. The minimum Gasteiger partial charge on any atom is -0.482 e. The number of nitrogens with zero attached hydrogens (tertiary/aromatic N) is 1. The smallest absolute Gasteiger partial charge is 0.261 e. The van der Waals surface area contributed by atoms with E-state index in [0.29, 0.717) is 17.2 Å². The Morgan fingerprint density at radius 3 is 2.25 bits per heavy atom. The molecule has 0 aliphatic rings. The summed E-state index contributed by atoms with van der Waals surface area (Å²) >= 11 is 6.16. The van der Waals surface area contributed by atoms with E-state index in [4.69, 9.17) is 16.3 Å². The van der Waals surface area contributed by atoms with E-state index < -0.39 is 6.04 Å². The molecule has 3 aromatic carbocycles. The van der Waals surface area contributed by atoms with E-state index in [9.17, 15) is 9.59 Å². The minimum atomic E-state index is -0.689. The number of benzene rings is 3. The number of nitrogens with one attached hydrogen (secondary N) is 1. The molecule has 1 N–H and O–H groups in total. The van der Waals surface area contributed by atoms with Crippen molar-refractivity contribution in [1.82, 2.24) is 10.2 Å². The van der Waals surface area contributed by atoms with Crippen molar-refractivity contribution in [2.24, 2.45) is 0 Å². The minimum absolute atomic E-state index is 0.224. The van der Waals surface area contributed by atoms with E-state index in [0.717, 1.165) is 16.7 Å². The molecule has 0 unspecified atom stereocenters. The molecular formula is C26H27ClN2O3. The van der Waals surface area contributed by atoms with E-state index in [1.165, 1.54) is 0 Å². The summed E-state index contributed by atoms with van der Waals surface area (Å²) in [6.07, 6.45) is 0.393.